The first kappa shape index (κ1) is 14.9. The molecule has 3 N–H and O–H groups in total. The van der Waals surface area contributed by atoms with Gasteiger partial charge in [-0.15, -0.1) is 11.3 Å². The summed E-state index contributed by atoms with van der Waals surface area (Å²) in [6.07, 6.45) is 2.41. The predicted octanol–water partition coefficient (Wildman–Crippen LogP) is 0.712. The lowest BCUT2D eigenvalue weighted by Gasteiger charge is -2.03. The number of hydrogen-bond donors (Lipinski definition) is 3. The molecule has 0 aromatic carbocycles. The second kappa shape index (κ2) is 7.32. The van der Waals surface area contributed by atoms with Crippen LogP contribution in [-0.4, -0.2) is 36.0 Å². The van der Waals surface area contributed by atoms with Crippen molar-refractivity contribution in [3.8, 4) is 0 Å². The zero-order valence-corrected chi connectivity index (χ0v) is 11.1. The Hall–Kier alpha value is -2.15. The van der Waals surface area contributed by atoms with Crippen LogP contribution in [0.1, 0.15) is 21.5 Å². The number of carboxylic acid groups (broad SMARTS) is 1. The fourth-order valence-electron chi connectivity index (χ4n) is 1.23. The van der Waals surface area contributed by atoms with Gasteiger partial charge in [0.2, 0.25) is 5.91 Å². The first-order valence-electron chi connectivity index (χ1n) is 5.58. The molecular formula is C12H14N2O4S. The molecule has 0 atom stereocenters. The van der Waals surface area contributed by atoms with E-state index in [2.05, 4.69) is 10.6 Å². The molecule has 0 radical (unpaired) electrons. The average Bonchev–Trinajstić information content (AvgIpc) is 2.82. The van der Waals surface area contributed by atoms with Crippen LogP contribution in [0.5, 0.6) is 0 Å². The maximum absolute atomic E-state index is 11.7. The van der Waals surface area contributed by atoms with Crippen molar-refractivity contribution in [2.45, 2.75) is 6.92 Å². The molecule has 0 unspecified atom stereocenters. The Balaban J connectivity index is 2.54. The molecule has 1 aromatic heterocycles. The zero-order valence-electron chi connectivity index (χ0n) is 10.3. The van der Waals surface area contributed by atoms with Gasteiger partial charge >= 0.3 is 5.97 Å². The van der Waals surface area contributed by atoms with Crippen LogP contribution in [0.3, 0.4) is 0 Å². The molecule has 0 aliphatic carbocycles. The Labute approximate surface area is 114 Å². The Morgan fingerprint density at radius 2 is 2.05 bits per heavy atom. The summed E-state index contributed by atoms with van der Waals surface area (Å²) in [6.45, 7) is 2.22. The molecule has 0 bridgehead atoms. The standard InChI is InChI=1S/C12H14N2O4S/c1-2-13-10(15)7-14-12(18)9-5-3-8(19-9)4-6-11(16)17/h3-6H,2,7H2,1H3,(H,13,15)(H,14,18)(H,16,17)/b6-4+. The highest BCUT2D eigenvalue weighted by Crippen LogP contribution is 2.17. The van der Waals surface area contributed by atoms with Gasteiger partial charge in [0.15, 0.2) is 0 Å². The van der Waals surface area contributed by atoms with E-state index >= 15 is 0 Å². The third kappa shape index (κ3) is 5.35. The molecule has 0 fully saturated rings. The molecule has 0 aliphatic rings. The maximum Gasteiger partial charge on any atom is 0.328 e. The topological polar surface area (TPSA) is 95.5 Å². The number of amides is 2. The molecule has 0 spiro atoms. The molecule has 1 heterocycles. The van der Waals surface area contributed by atoms with E-state index in [1.165, 1.54) is 6.08 Å². The first-order valence-corrected chi connectivity index (χ1v) is 6.40. The van der Waals surface area contributed by atoms with Crippen LogP contribution in [0.4, 0.5) is 0 Å². The van der Waals surface area contributed by atoms with E-state index in [-0.39, 0.29) is 18.4 Å². The zero-order chi connectivity index (χ0) is 14.3. The number of thiophene rings is 1. The Morgan fingerprint density at radius 3 is 2.68 bits per heavy atom. The van der Waals surface area contributed by atoms with Crippen molar-refractivity contribution in [3.63, 3.8) is 0 Å². The summed E-state index contributed by atoms with van der Waals surface area (Å²) in [4.78, 5) is 34.3. The summed E-state index contributed by atoms with van der Waals surface area (Å²) >= 11 is 1.15. The normalized spacial score (nSPS) is 10.4. The molecule has 1 rings (SSSR count). The molecule has 6 nitrogen and oxygen atoms in total. The lowest BCUT2D eigenvalue weighted by Crippen LogP contribution is -2.36. The molecule has 19 heavy (non-hydrogen) atoms. The molecule has 102 valence electrons. The highest BCUT2D eigenvalue weighted by atomic mass is 32.1. The van der Waals surface area contributed by atoms with Crippen LogP contribution in [-0.2, 0) is 9.59 Å². The van der Waals surface area contributed by atoms with Crippen molar-refractivity contribution in [2.24, 2.45) is 0 Å². The molecule has 1 aromatic rings. The van der Waals surface area contributed by atoms with Crippen LogP contribution in [0.25, 0.3) is 6.08 Å². The molecule has 0 saturated carbocycles. The molecule has 2 amide bonds. The Morgan fingerprint density at radius 1 is 1.32 bits per heavy atom. The van der Waals surface area contributed by atoms with Gasteiger partial charge in [0.1, 0.15) is 0 Å². The number of likely N-dealkylation sites (N-methyl/N-ethyl adjacent to an activating group) is 1. The van der Waals surface area contributed by atoms with Crippen LogP contribution in [0, 0.1) is 0 Å². The van der Waals surface area contributed by atoms with E-state index in [0.29, 0.717) is 16.3 Å². The van der Waals surface area contributed by atoms with Crippen molar-refractivity contribution < 1.29 is 19.5 Å². The lowest BCUT2D eigenvalue weighted by molar-refractivity contribution is -0.131. The highest BCUT2D eigenvalue weighted by Gasteiger charge is 2.09. The monoisotopic (exact) mass is 282 g/mol. The third-order valence-corrected chi connectivity index (χ3v) is 3.07. The van der Waals surface area contributed by atoms with Gasteiger partial charge in [0.05, 0.1) is 11.4 Å². The fourth-order valence-corrected chi connectivity index (χ4v) is 2.05. The third-order valence-electron chi connectivity index (χ3n) is 2.02. The van der Waals surface area contributed by atoms with Gasteiger partial charge in [-0.1, -0.05) is 0 Å². The number of aliphatic carboxylic acids is 1. The fraction of sp³-hybridized carbons (Fsp3) is 0.250. The van der Waals surface area contributed by atoms with Crippen molar-refractivity contribution in [1.29, 1.82) is 0 Å². The van der Waals surface area contributed by atoms with Crippen molar-refractivity contribution in [3.05, 3.63) is 28.0 Å². The minimum atomic E-state index is -1.05. The molecule has 7 heteroatoms. The Bertz CT molecular complexity index is 508. The number of carbonyl (C=O) groups is 3. The van der Waals surface area contributed by atoms with Crippen LogP contribution < -0.4 is 10.6 Å². The summed E-state index contributed by atoms with van der Waals surface area (Å²) < 4.78 is 0. The maximum atomic E-state index is 11.7. The number of hydrogen-bond acceptors (Lipinski definition) is 4. The highest BCUT2D eigenvalue weighted by molar-refractivity contribution is 7.14. The second-order valence-corrected chi connectivity index (χ2v) is 4.63. The van der Waals surface area contributed by atoms with E-state index < -0.39 is 5.97 Å². The summed E-state index contributed by atoms with van der Waals surface area (Å²) in [5.41, 5.74) is 0. The van der Waals surface area contributed by atoms with Gasteiger partial charge in [-0.3, -0.25) is 9.59 Å². The van der Waals surface area contributed by atoms with Crippen molar-refractivity contribution in [2.75, 3.05) is 13.1 Å². The van der Waals surface area contributed by atoms with E-state index in [4.69, 9.17) is 5.11 Å². The predicted molar refractivity (Wildman–Crippen MR) is 72.0 cm³/mol. The van der Waals surface area contributed by atoms with Gasteiger partial charge in [-0.05, 0) is 25.1 Å². The first-order chi connectivity index (χ1) is 9.02. The van der Waals surface area contributed by atoms with E-state index in [9.17, 15) is 14.4 Å². The number of rotatable bonds is 6. The second-order valence-electron chi connectivity index (χ2n) is 3.51. The Kier molecular flexibility index (Phi) is 5.74. The summed E-state index contributed by atoms with van der Waals surface area (Å²) in [7, 11) is 0. The number of carboxylic acids is 1. The molecular weight excluding hydrogens is 268 g/mol. The van der Waals surface area contributed by atoms with E-state index in [0.717, 1.165) is 17.4 Å². The summed E-state index contributed by atoms with van der Waals surface area (Å²) in [5, 5.41) is 13.5. The summed E-state index contributed by atoms with van der Waals surface area (Å²) in [6, 6.07) is 3.23. The quantitative estimate of drug-likeness (QED) is 0.670. The van der Waals surface area contributed by atoms with Crippen LogP contribution in [0.2, 0.25) is 0 Å². The van der Waals surface area contributed by atoms with Gasteiger partial charge in [-0.2, -0.15) is 0 Å². The largest absolute Gasteiger partial charge is 0.478 e. The molecule has 0 saturated heterocycles. The SMILES string of the molecule is CCNC(=O)CNC(=O)c1ccc(/C=C/C(=O)O)s1. The number of nitrogens with one attached hydrogen (secondary N) is 2. The van der Waals surface area contributed by atoms with Crippen LogP contribution in [0.15, 0.2) is 18.2 Å². The lowest BCUT2D eigenvalue weighted by atomic mass is 10.4. The minimum absolute atomic E-state index is 0.0785. The van der Waals surface area contributed by atoms with Gasteiger partial charge in [-0.25, -0.2) is 4.79 Å². The number of carbonyl (C=O) groups excluding carboxylic acids is 2. The smallest absolute Gasteiger partial charge is 0.328 e. The van der Waals surface area contributed by atoms with Gasteiger partial charge in [0.25, 0.3) is 5.91 Å². The molecule has 0 aliphatic heterocycles. The van der Waals surface area contributed by atoms with E-state index in [1.807, 2.05) is 0 Å². The van der Waals surface area contributed by atoms with Crippen molar-refractivity contribution >= 4 is 35.2 Å². The minimum Gasteiger partial charge on any atom is -0.478 e. The van der Waals surface area contributed by atoms with Gasteiger partial charge < -0.3 is 15.7 Å². The van der Waals surface area contributed by atoms with Crippen LogP contribution >= 0.6 is 11.3 Å². The summed E-state index contributed by atoms with van der Waals surface area (Å²) in [5.74, 6) is -1.65. The van der Waals surface area contributed by atoms with Crippen molar-refractivity contribution in [1.82, 2.24) is 10.6 Å². The van der Waals surface area contributed by atoms with E-state index in [1.54, 1.807) is 19.1 Å². The average molecular weight is 282 g/mol. The van der Waals surface area contributed by atoms with Gasteiger partial charge in [0, 0.05) is 17.5 Å².